The maximum absolute atomic E-state index is 10.0. The monoisotopic (exact) mass is 159 g/mol. The number of hydrogen-bond donors (Lipinski definition) is 1. The van der Waals surface area contributed by atoms with Gasteiger partial charge >= 0.3 is 0 Å². The number of aliphatic hydroxyl groups excluding tert-OH is 1. The summed E-state index contributed by atoms with van der Waals surface area (Å²) in [5, 5.41) is 8.63. The summed E-state index contributed by atoms with van der Waals surface area (Å²) >= 11 is 0. The second-order valence-electron chi connectivity index (χ2n) is 2.52. The Morgan fingerprint density at radius 2 is 2.09 bits per heavy atom. The molecule has 3 nitrogen and oxygen atoms in total. The molecule has 0 bridgehead atoms. The molecule has 66 valence electrons. The van der Waals surface area contributed by atoms with Crippen molar-refractivity contribution in [2.24, 2.45) is 0 Å². The molecule has 0 radical (unpaired) electrons. The van der Waals surface area contributed by atoms with E-state index >= 15 is 0 Å². The first-order valence-electron chi connectivity index (χ1n) is 4.12. The zero-order valence-electron chi connectivity index (χ0n) is 7.12. The van der Waals surface area contributed by atoms with Crippen LogP contribution in [0, 0.1) is 0 Å². The maximum atomic E-state index is 10.0. The van der Waals surface area contributed by atoms with E-state index in [1.165, 1.54) is 0 Å². The first-order valence-corrected chi connectivity index (χ1v) is 4.12. The van der Waals surface area contributed by atoms with Gasteiger partial charge in [-0.05, 0) is 13.0 Å². The van der Waals surface area contributed by atoms with Crippen LogP contribution in [0.3, 0.4) is 0 Å². The molecule has 0 aromatic carbocycles. The highest BCUT2D eigenvalue weighted by Gasteiger charge is 2.00. The molecular formula is C8H17NO2. The van der Waals surface area contributed by atoms with E-state index < -0.39 is 0 Å². The summed E-state index contributed by atoms with van der Waals surface area (Å²) in [6.07, 6.45) is 2.55. The van der Waals surface area contributed by atoms with Crippen molar-refractivity contribution in [2.75, 3.05) is 26.2 Å². The van der Waals surface area contributed by atoms with Gasteiger partial charge in [0.2, 0.25) is 0 Å². The van der Waals surface area contributed by atoms with Crippen LogP contribution in [0.25, 0.3) is 0 Å². The van der Waals surface area contributed by atoms with Crippen LogP contribution >= 0.6 is 0 Å². The highest BCUT2D eigenvalue weighted by molar-refractivity contribution is 5.49. The first kappa shape index (κ1) is 10.6. The number of aldehydes is 1. The van der Waals surface area contributed by atoms with E-state index in [1.54, 1.807) is 0 Å². The van der Waals surface area contributed by atoms with Crippen molar-refractivity contribution in [3.8, 4) is 0 Å². The van der Waals surface area contributed by atoms with Gasteiger partial charge in [0.05, 0.1) is 6.61 Å². The lowest BCUT2D eigenvalue weighted by Crippen LogP contribution is -2.28. The highest BCUT2D eigenvalue weighted by Crippen LogP contribution is 1.91. The summed E-state index contributed by atoms with van der Waals surface area (Å²) in [6.45, 7) is 4.69. The summed E-state index contributed by atoms with van der Waals surface area (Å²) in [5.74, 6) is 0. The number of carbonyl (C=O) groups excluding carboxylic acids is 1. The molecule has 0 aromatic rings. The number of nitrogens with zero attached hydrogens (tertiary/aromatic N) is 1. The maximum Gasteiger partial charge on any atom is 0.121 e. The van der Waals surface area contributed by atoms with E-state index in [4.69, 9.17) is 5.11 Å². The third-order valence-corrected chi connectivity index (χ3v) is 1.52. The first-order chi connectivity index (χ1) is 5.35. The minimum Gasteiger partial charge on any atom is -0.395 e. The fourth-order valence-corrected chi connectivity index (χ4v) is 1.03. The Hall–Kier alpha value is -0.410. The minimum atomic E-state index is 0.179. The normalized spacial score (nSPS) is 10.5. The molecule has 0 amide bonds. The van der Waals surface area contributed by atoms with E-state index in [9.17, 15) is 4.79 Å². The van der Waals surface area contributed by atoms with Gasteiger partial charge in [0.1, 0.15) is 6.29 Å². The lowest BCUT2D eigenvalue weighted by molar-refractivity contribution is -0.108. The Morgan fingerprint density at radius 1 is 1.36 bits per heavy atom. The predicted octanol–water partition coefficient (Wildman–Crippen LogP) is 0.280. The van der Waals surface area contributed by atoms with Crippen LogP contribution in [-0.4, -0.2) is 42.5 Å². The van der Waals surface area contributed by atoms with Crippen LogP contribution in [0.5, 0.6) is 0 Å². The molecule has 0 aliphatic rings. The van der Waals surface area contributed by atoms with E-state index in [0.717, 1.165) is 25.8 Å². The average molecular weight is 159 g/mol. The molecule has 0 saturated carbocycles. The standard InChI is InChI=1S/C8H17NO2/c1-2-4-9(6-8-11)5-3-7-10/h7,11H,2-6,8H2,1H3. The molecule has 0 saturated heterocycles. The molecule has 0 atom stereocenters. The molecule has 1 N–H and O–H groups in total. The fourth-order valence-electron chi connectivity index (χ4n) is 1.03. The van der Waals surface area contributed by atoms with Gasteiger partial charge < -0.3 is 14.8 Å². The van der Waals surface area contributed by atoms with Gasteiger partial charge in [-0.2, -0.15) is 0 Å². The molecule has 11 heavy (non-hydrogen) atoms. The SMILES string of the molecule is CCCN(CCO)CCC=O. The van der Waals surface area contributed by atoms with E-state index in [2.05, 4.69) is 11.8 Å². The highest BCUT2D eigenvalue weighted by atomic mass is 16.3. The lowest BCUT2D eigenvalue weighted by Gasteiger charge is -2.18. The van der Waals surface area contributed by atoms with Gasteiger partial charge in [-0.1, -0.05) is 6.92 Å². The molecule has 0 rings (SSSR count). The molecule has 0 aliphatic carbocycles. The van der Waals surface area contributed by atoms with Crippen LogP contribution in [0.2, 0.25) is 0 Å². The van der Waals surface area contributed by atoms with Crippen molar-refractivity contribution < 1.29 is 9.90 Å². The second kappa shape index (κ2) is 7.69. The van der Waals surface area contributed by atoms with Gasteiger partial charge in [0.15, 0.2) is 0 Å². The smallest absolute Gasteiger partial charge is 0.121 e. The Balaban J connectivity index is 3.41. The van der Waals surface area contributed by atoms with Crippen molar-refractivity contribution in [3.05, 3.63) is 0 Å². The molecule has 3 heteroatoms. The fraction of sp³-hybridized carbons (Fsp3) is 0.875. The summed E-state index contributed by atoms with van der Waals surface area (Å²) < 4.78 is 0. The Labute approximate surface area is 68.0 Å². The van der Waals surface area contributed by atoms with Crippen LogP contribution in [0.15, 0.2) is 0 Å². The van der Waals surface area contributed by atoms with Gasteiger partial charge in [0, 0.05) is 19.5 Å². The van der Waals surface area contributed by atoms with Crippen LogP contribution in [0.4, 0.5) is 0 Å². The molecule has 0 aliphatic heterocycles. The number of hydrogen-bond acceptors (Lipinski definition) is 3. The summed E-state index contributed by atoms with van der Waals surface area (Å²) in [7, 11) is 0. The van der Waals surface area contributed by atoms with E-state index in [1.807, 2.05) is 0 Å². The van der Waals surface area contributed by atoms with Gasteiger partial charge in [0.25, 0.3) is 0 Å². The molecular weight excluding hydrogens is 142 g/mol. The van der Waals surface area contributed by atoms with Crippen molar-refractivity contribution in [3.63, 3.8) is 0 Å². The predicted molar refractivity (Wildman–Crippen MR) is 44.5 cm³/mol. The molecule has 0 fully saturated rings. The average Bonchev–Trinajstić information content (AvgIpc) is 2.01. The van der Waals surface area contributed by atoms with Crippen LogP contribution in [0.1, 0.15) is 19.8 Å². The third kappa shape index (κ3) is 6.01. The van der Waals surface area contributed by atoms with Crippen molar-refractivity contribution in [2.45, 2.75) is 19.8 Å². The zero-order valence-corrected chi connectivity index (χ0v) is 7.12. The Kier molecular flexibility index (Phi) is 7.41. The largest absolute Gasteiger partial charge is 0.395 e. The van der Waals surface area contributed by atoms with Crippen LogP contribution < -0.4 is 0 Å². The summed E-state index contributed by atoms with van der Waals surface area (Å²) in [6, 6.07) is 0. The molecule has 0 aromatic heterocycles. The Bertz CT molecular complexity index is 90.1. The quantitative estimate of drug-likeness (QED) is 0.542. The van der Waals surface area contributed by atoms with Crippen molar-refractivity contribution in [1.29, 1.82) is 0 Å². The second-order valence-corrected chi connectivity index (χ2v) is 2.52. The summed E-state index contributed by atoms with van der Waals surface area (Å²) in [5.41, 5.74) is 0. The Morgan fingerprint density at radius 3 is 2.55 bits per heavy atom. The molecule has 0 heterocycles. The van der Waals surface area contributed by atoms with Gasteiger partial charge in [-0.25, -0.2) is 0 Å². The van der Waals surface area contributed by atoms with E-state index in [0.29, 0.717) is 13.0 Å². The number of rotatable bonds is 7. The van der Waals surface area contributed by atoms with Crippen molar-refractivity contribution >= 4 is 6.29 Å². The van der Waals surface area contributed by atoms with E-state index in [-0.39, 0.29) is 6.61 Å². The van der Waals surface area contributed by atoms with Crippen LogP contribution in [-0.2, 0) is 4.79 Å². The third-order valence-electron chi connectivity index (χ3n) is 1.52. The number of carbonyl (C=O) groups is 1. The summed E-state index contributed by atoms with van der Waals surface area (Å²) in [4.78, 5) is 12.1. The van der Waals surface area contributed by atoms with Gasteiger partial charge in [-0.3, -0.25) is 0 Å². The zero-order chi connectivity index (χ0) is 8.53. The van der Waals surface area contributed by atoms with Gasteiger partial charge in [-0.15, -0.1) is 0 Å². The lowest BCUT2D eigenvalue weighted by atomic mass is 10.3. The number of aliphatic hydroxyl groups is 1. The van der Waals surface area contributed by atoms with Crippen molar-refractivity contribution in [1.82, 2.24) is 4.90 Å². The topological polar surface area (TPSA) is 40.5 Å². The molecule has 0 spiro atoms. The minimum absolute atomic E-state index is 0.179. The molecule has 0 unspecified atom stereocenters.